The van der Waals surface area contributed by atoms with Gasteiger partial charge < -0.3 is 30.5 Å². The predicted octanol–water partition coefficient (Wildman–Crippen LogP) is 3.82. The van der Waals surface area contributed by atoms with Crippen LogP contribution in [0.3, 0.4) is 0 Å². The SMILES string of the molecule is COC(C)c1c(NC(=O)Nc2cc(Cl)cnc2OCC(C)NC(=O)O)cnc2cc(Cl)nn12. The molecular weight excluding hydrogens is 477 g/mol. The Morgan fingerprint density at radius 1 is 1.15 bits per heavy atom. The van der Waals surface area contributed by atoms with Gasteiger partial charge in [-0.15, -0.1) is 0 Å². The summed E-state index contributed by atoms with van der Waals surface area (Å²) in [6.45, 7) is 3.38. The number of hydrogen-bond acceptors (Lipinski definition) is 7. The topological polar surface area (TPSA) is 152 Å². The lowest BCUT2D eigenvalue weighted by Gasteiger charge is -2.18. The zero-order chi connectivity index (χ0) is 24.1. The lowest BCUT2D eigenvalue weighted by molar-refractivity contribution is 0.114. The van der Waals surface area contributed by atoms with Crippen LogP contribution in [0.5, 0.6) is 5.88 Å². The first kappa shape index (κ1) is 24.3. The van der Waals surface area contributed by atoms with Crippen molar-refractivity contribution in [1.82, 2.24) is 24.9 Å². The molecule has 0 radical (unpaired) electrons. The Hall–Kier alpha value is -3.35. The van der Waals surface area contributed by atoms with E-state index in [0.29, 0.717) is 17.0 Å². The van der Waals surface area contributed by atoms with Crippen molar-refractivity contribution in [2.45, 2.75) is 26.0 Å². The quantitative estimate of drug-likeness (QED) is 0.366. The van der Waals surface area contributed by atoms with Gasteiger partial charge in [0.25, 0.3) is 0 Å². The molecule has 3 amide bonds. The maximum atomic E-state index is 12.8. The minimum Gasteiger partial charge on any atom is -0.474 e. The number of carbonyl (C=O) groups is 2. The number of pyridine rings is 1. The predicted molar refractivity (Wildman–Crippen MR) is 121 cm³/mol. The van der Waals surface area contributed by atoms with Gasteiger partial charge in [0.15, 0.2) is 10.8 Å². The number of fused-ring (bicyclic) bond motifs is 1. The molecule has 0 spiro atoms. The van der Waals surface area contributed by atoms with Crippen LogP contribution in [0.2, 0.25) is 10.2 Å². The molecule has 176 valence electrons. The Balaban J connectivity index is 1.80. The lowest BCUT2D eigenvalue weighted by atomic mass is 10.2. The molecule has 0 aliphatic rings. The van der Waals surface area contributed by atoms with Crippen molar-refractivity contribution < 1.29 is 24.2 Å². The van der Waals surface area contributed by atoms with Gasteiger partial charge in [-0.05, 0) is 19.9 Å². The number of amides is 3. The molecule has 0 aliphatic carbocycles. The Kier molecular flexibility index (Phi) is 7.74. The van der Waals surface area contributed by atoms with Crippen molar-refractivity contribution >= 4 is 52.3 Å². The molecule has 0 bridgehead atoms. The highest BCUT2D eigenvalue weighted by Crippen LogP contribution is 2.28. The molecule has 2 atom stereocenters. The van der Waals surface area contributed by atoms with Crippen LogP contribution < -0.4 is 20.7 Å². The molecule has 0 aliphatic heterocycles. The van der Waals surface area contributed by atoms with Gasteiger partial charge in [0, 0.05) is 19.4 Å². The highest BCUT2D eigenvalue weighted by molar-refractivity contribution is 6.31. The van der Waals surface area contributed by atoms with Gasteiger partial charge in [0.2, 0.25) is 5.88 Å². The Bertz CT molecular complexity index is 1170. The van der Waals surface area contributed by atoms with E-state index in [-0.39, 0.29) is 28.3 Å². The normalized spacial score (nSPS) is 12.8. The van der Waals surface area contributed by atoms with E-state index in [1.807, 2.05) is 0 Å². The molecule has 0 aromatic carbocycles. The van der Waals surface area contributed by atoms with Gasteiger partial charge in [-0.2, -0.15) is 5.10 Å². The molecule has 4 N–H and O–H groups in total. The van der Waals surface area contributed by atoms with Crippen molar-refractivity contribution in [2.24, 2.45) is 0 Å². The Morgan fingerprint density at radius 2 is 1.88 bits per heavy atom. The summed E-state index contributed by atoms with van der Waals surface area (Å²) in [5.41, 5.74) is 1.54. The molecule has 3 aromatic heterocycles. The van der Waals surface area contributed by atoms with Gasteiger partial charge in [0.1, 0.15) is 12.3 Å². The number of carboxylic acid groups (broad SMARTS) is 1. The molecule has 3 aromatic rings. The van der Waals surface area contributed by atoms with Crippen molar-refractivity contribution in [2.75, 3.05) is 24.4 Å². The average Bonchev–Trinajstić information content (AvgIpc) is 3.12. The van der Waals surface area contributed by atoms with E-state index in [0.717, 1.165) is 0 Å². The molecule has 2 unspecified atom stereocenters. The van der Waals surface area contributed by atoms with E-state index < -0.39 is 24.3 Å². The monoisotopic (exact) mass is 497 g/mol. The summed E-state index contributed by atoms with van der Waals surface area (Å²) >= 11 is 12.0. The fourth-order valence-electron chi connectivity index (χ4n) is 2.89. The third kappa shape index (κ3) is 6.12. The van der Waals surface area contributed by atoms with Crippen LogP contribution in [0.25, 0.3) is 5.65 Å². The number of nitrogens with one attached hydrogen (secondary N) is 3. The maximum Gasteiger partial charge on any atom is 0.404 e. The molecule has 14 heteroatoms. The van der Waals surface area contributed by atoms with Crippen molar-refractivity contribution in [1.29, 1.82) is 0 Å². The third-order valence-electron chi connectivity index (χ3n) is 4.38. The standard InChI is InChI=1S/C19H21Cl2N7O5/c1-9(24-19(30)31)8-33-17-12(4-11(20)6-23-17)25-18(29)26-13-7-22-15-5-14(21)27-28(15)16(13)10(2)32-3/h4-7,9-10,24H,8H2,1-3H3,(H,30,31)(H2,25,26,29). The van der Waals surface area contributed by atoms with Crippen molar-refractivity contribution in [3.05, 3.63) is 40.4 Å². The first-order chi connectivity index (χ1) is 15.7. The van der Waals surface area contributed by atoms with Crippen LogP contribution in [0.4, 0.5) is 21.0 Å². The van der Waals surface area contributed by atoms with E-state index in [9.17, 15) is 9.59 Å². The van der Waals surface area contributed by atoms with Gasteiger partial charge in [-0.1, -0.05) is 23.2 Å². The number of hydrogen-bond donors (Lipinski definition) is 4. The fraction of sp³-hybridized carbons (Fsp3) is 0.316. The third-order valence-corrected chi connectivity index (χ3v) is 4.77. The average molecular weight is 498 g/mol. The molecule has 33 heavy (non-hydrogen) atoms. The summed E-state index contributed by atoms with van der Waals surface area (Å²) < 4.78 is 12.4. The van der Waals surface area contributed by atoms with E-state index in [1.165, 1.54) is 30.1 Å². The largest absolute Gasteiger partial charge is 0.474 e. The number of methoxy groups -OCH3 is 1. The zero-order valence-electron chi connectivity index (χ0n) is 17.8. The summed E-state index contributed by atoms with van der Waals surface area (Å²) in [5, 5.41) is 21.1. The van der Waals surface area contributed by atoms with E-state index in [2.05, 4.69) is 31.0 Å². The van der Waals surface area contributed by atoms with Crippen LogP contribution in [-0.2, 0) is 4.74 Å². The highest BCUT2D eigenvalue weighted by atomic mass is 35.5. The first-order valence-electron chi connectivity index (χ1n) is 9.60. The number of anilines is 2. The van der Waals surface area contributed by atoms with E-state index >= 15 is 0 Å². The van der Waals surface area contributed by atoms with Crippen LogP contribution in [0.15, 0.2) is 24.5 Å². The van der Waals surface area contributed by atoms with Gasteiger partial charge in [-0.25, -0.2) is 24.1 Å². The van der Waals surface area contributed by atoms with Crippen LogP contribution >= 0.6 is 23.2 Å². The molecule has 0 fully saturated rings. The van der Waals surface area contributed by atoms with Crippen LogP contribution in [-0.4, -0.2) is 56.6 Å². The van der Waals surface area contributed by atoms with E-state index in [4.69, 9.17) is 37.8 Å². The number of ether oxygens (including phenoxy) is 2. The molecular formula is C19H21Cl2N7O5. The minimum absolute atomic E-state index is 0.0205. The first-order valence-corrected chi connectivity index (χ1v) is 10.4. The number of rotatable bonds is 8. The second-order valence-electron chi connectivity index (χ2n) is 6.92. The van der Waals surface area contributed by atoms with Gasteiger partial charge in [-0.3, -0.25) is 0 Å². The Morgan fingerprint density at radius 3 is 2.58 bits per heavy atom. The highest BCUT2D eigenvalue weighted by Gasteiger charge is 2.20. The molecule has 0 saturated carbocycles. The maximum absolute atomic E-state index is 12.8. The van der Waals surface area contributed by atoms with Crippen molar-refractivity contribution in [3.63, 3.8) is 0 Å². The molecule has 3 heterocycles. The van der Waals surface area contributed by atoms with Crippen molar-refractivity contribution in [3.8, 4) is 5.88 Å². The lowest BCUT2D eigenvalue weighted by Crippen LogP contribution is -2.35. The Labute approximate surface area is 198 Å². The second kappa shape index (κ2) is 10.5. The smallest absolute Gasteiger partial charge is 0.404 e. The fourth-order valence-corrected chi connectivity index (χ4v) is 3.22. The van der Waals surface area contributed by atoms with Gasteiger partial charge >= 0.3 is 12.1 Å². The summed E-state index contributed by atoms with van der Waals surface area (Å²) in [6, 6.07) is 1.88. The molecule has 12 nitrogen and oxygen atoms in total. The molecule has 0 saturated heterocycles. The number of halogens is 2. The summed E-state index contributed by atoms with van der Waals surface area (Å²) in [5.74, 6) is 0.0616. The zero-order valence-corrected chi connectivity index (χ0v) is 19.3. The number of aromatic nitrogens is 4. The number of nitrogens with zero attached hydrogens (tertiary/aromatic N) is 4. The minimum atomic E-state index is -1.18. The van der Waals surface area contributed by atoms with Crippen LogP contribution in [0.1, 0.15) is 25.6 Å². The number of carbonyl (C=O) groups excluding carboxylic acids is 1. The molecule has 3 rings (SSSR count). The second-order valence-corrected chi connectivity index (χ2v) is 7.74. The summed E-state index contributed by atoms with van der Waals surface area (Å²) in [7, 11) is 1.52. The number of urea groups is 1. The summed E-state index contributed by atoms with van der Waals surface area (Å²) in [6.07, 6.45) is 1.17. The van der Waals surface area contributed by atoms with Crippen LogP contribution in [0, 0.1) is 0 Å². The summed E-state index contributed by atoms with van der Waals surface area (Å²) in [4.78, 5) is 31.8. The van der Waals surface area contributed by atoms with E-state index in [1.54, 1.807) is 19.9 Å². The van der Waals surface area contributed by atoms with Gasteiger partial charge in [0.05, 0.1) is 34.7 Å².